The molecule has 0 saturated carbocycles. The lowest BCUT2D eigenvalue weighted by molar-refractivity contribution is -0.113. The van der Waals surface area contributed by atoms with E-state index in [4.69, 9.17) is 0 Å². The molecule has 9 heteroatoms. The van der Waals surface area contributed by atoms with E-state index in [0.29, 0.717) is 5.13 Å². The van der Waals surface area contributed by atoms with Crippen molar-refractivity contribution in [2.45, 2.75) is 52.7 Å². The van der Waals surface area contributed by atoms with Gasteiger partial charge in [-0.3, -0.25) is 4.79 Å². The molecule has 1 aromatic carbocycles. The molecule has 0 radical (unpaired) electrons. The molecular weight excluding hydrogens is 470 g/mol. The van der Waals surface area contributed by atoms with Gasteiger partial charge in [0.1, 0.15) is 0 Å². The van der Waals surface area contributed by atoms with Crippen LogP contribution >= 0.6 is 34.4 Å². The standard InChI is InChI=1S/C24H27N5OS3/c1-6-18-16(5)31-11-19(18)22-27-28-24(29(22)7-2)33-13-21(30)26-23-25-20(12-32-23)17-9-8-14(3)15(4)10-17/h8-12H,6-7,13H2,1-5H3,(H,25,26,30). The van der Waals surface area contributed by atoms with Crippen LogP contribution in [0.3, 0.4) is 0 Å². The van der Waals surface area contributed by atoms with E-state index in [9.17, 15) is 4.79 Å². The number of carbonyl (C=O) groups is 1. The van der Waals surface area contributed by atoms with Crippen LogP contribution in [0.1, 0.15) is 35.4 Å². The molecule has 0 spiro atoms. The van der Waals surface area contributed by atoms with Gasteiger partial charge < -0.3 is 9.88 Å². The molecule has 1 N–H and O–H groups in total. The van der Waals surface area contributed by atoms with E-state index in [-0.39, 0.29) is 11.7 Å². The van der Waals surface area contributed by atoms with Gasteiger partial charge in [-0.25, -0.2) is 4.98 Å². The van der Waals surface area contributed by atoms with Crippen molar-refractivity contribution in [2.75, 3.05) is 11.1 Å². The average molecular weight is 498 g/mol. The van der Waals surface area contributed by atoms with Crippen molar-refractivity contribution in [1.82, 2.24) is 19.7 Å². The number of benzene rings is 1. The van der Waals surface area contributed by atoms with Crippen molar-refractivity contribution < 1.29 is 4.79 Å². The Kier molecular flexibility index (Phi) is 7.31. The van der Waals surface area contributed by atoms with Crippen LogP contribution < -0.4 is 5.32 Å². The molecule has 0 fully saturated rings. The van der Waals surface area contributed by atoms with Crippen LogP contribution in [-0.4, -0.2) is 31.4 Å². The number of aromatic nitrogens is 4. The molecule has 3 heterocycles. The number of carbonyl (C=O) groups excluding carboxylic acids is 1. The highest BCUT2D eigenvalue weighted by Gasteiger charge is 2.19. The second-order valence-corrected chi connectivity index (χ2v) is 10.6. The van der Waals surface area contributed by atoms with Gasteiger partial charge in [0.25, 0.3) is 0 Å². The van der Waals surface area contributed by atoms with Crippen molar-refractivity contribution >= 4 is 45.5 Å². The second kappa shape index (κ2) is 10.2. The summed E-state index contributed by atoms with van der Waals surface area (Å²) >= 11 is 4.58. The summed E-state index contributed by atoms with van der Waals surface area (Å²) in [6, 6.07) is 6.28. The Morgan fingerprint density at radius 3 is 2.64 bits per heavy atom. The monoisotopic (exact) mass is 497 g/mol. The lowest BCUT2D eigenvalue weighted by Gasteiger charge is -2.08. The van der Waals surface area contributed by atoms with Crippen molar-refractivity contribution in [3.63, 3.8) is 0 Å². The van der Waals surface area contributed by atoms with E-state index in [0.717, 1.165) is 40.8 Å². The second-order valence-electron chi connectivity index (χ2n) is 7.76. The van der Waals surface area contributed by atoms with E-state index < -0.39 is 0 Å². The molecule has 4 rings (SSSR count). The first-order chi connectivity index (χ1) is 15.9. The van der Waals surface area contributed by atoms with Gasteiger partial charge in [0, 0.05) is 33.3 Å². The highest BCUT2D eigenvalue weighted by Crippen LogP contribution is 2.33. The number of aryl methyl sites for hydroxylation is 3. The molecule has 1 amide bonds. The number of hydrogen-bond acceptors (Lipinski definition) is 7. The molecule has 0 atom stereocenters. The van der Waals surface area contributed by atoms with Gasteiger partial charge in [0.15, 0.2) is 16.1 Å². The third-order valence-corrected chi connectivity index (χ3v) is 8.29. The SMILES string of the molecule is CCc1c(-c2nnc(SCC(=O)Nc3nc(-c4ccc(C)c(C)c4)cs3)n2CC)csc1C. The van der Waals surface area contributed by atoms with Crippen molar-refractivity contribution in [1.29, 1.82) is 0 Å². The van der Waals surface area contributed by atoms with E-state index in [1.165, 1.54) is 44.7 Å². The molecule has 6 nitrogen and oxygen atoms in total. The maximum atomic E-state index is 12.6. The number of hydrogen-bond donors (Lipinski definition) is 1. The van der Waals surface area contributed by atoms with Gasteiger partial charge in [-0.2, -0.15) is 0 Å². The van der Waals surface area contributed by atoms with Crippen molar-refractivity contribution in [2.24, 2.45) is 0 Å². The molecule has 0 bridgehead atoms. The molecule has 0 saturated heterocycles. The zero-order valence-electron chi connectivity index (χ0n) is 19.4. The summed E-state index contributed by atoms with van der Waals surface area (Å²) in [4.78, 5) is 18.5. The minimum Gasteiger partial charge on any atom is -0.302 e. The first kappa shape index (κ1) is 23.7. The Morgan fingerprint density at radius 2 is 1.91 bits per heavy atom. The molecule has 33 heavy (non-hydrogen) atoms. The van der Waals surface area contributed by atoms with E-state index in [1.54, 1.807) is 11.3 Å². The number of thiophene rings is 1. The Morgan fingerprint density at radius 1 is 1.09 bits per heavy atom. The number of thiazole rings is 1. The Balaban J connectivity index is 1.42. The van der Waals surface area contributed by atoms with Gasteiger partial charge in [0.2, 0.25) is 5.91 Å². The summed E-state index contributed by atoms with van der Waals surface area (Å²) in [5.74, 6) is 1.02. The summed E-state index contributed by atoms with van der Waals surface area (Å²) in [6.07, 6.45) is 0.962. The fourth-order valence-corrected chi connectivity index (χ4v) is 6.11. The van der Waals surface area contributed by atoms with E-state index in [2.05, 4.69) is 83.3 Å². The summed E-state index contributed by atoms with van der Waals surface area (Å²) < 4.78 is 2.08. The molecule has 0 aliphatic carbocycles. The lowest BCUT2D eigenvalue weighted by Crippen LogP contribution is -2.14. The van der Waals surface area contributed by atoms with Gasteiger partial charge in [-0.05, 0) is 56.9 Å². The van der Waals surface area contributed by atoms with Gasteiger partial charge in [0.05, 0.1) is 11.4 Å². The van der Waals surface area contributed by atoms with Crippen LogP contribution in [0.15, 0.2) is 34.1 Å². The van der Waals surface area contributed by atoms with Crippen LogP contribution in [0, 0.1) is 20.8 Å². The van der Waals surface area contributed by atoms with Crippen LogP contribution in [0.4, 0.5) is 5.13 Å². The Labute approximate surface area is 206 Å². The van der Waals surface area contributed by atoms with Crippen LogP contribution in [0.5, 0.6) is 0 Å². The fourth-order valence-electron chi connectivity index (χ4n) is 3.64. The molecule has 0 aliphatic heterocycles. The van der Waals surface area contributed by atoms with Crippen LogP contribution in [0.25, 0.3) is 22.6 Å². The Bertz CT molecular complexity index is 1290. The van der Waals surface area contributed by atoms with Gasteiger partial charge in [-0.1, -0.05) is 30.8 Å². The topological polar surface area (TPSA) is 72.7 Å². The summed E-state index contributed by atoms with van der Waals surface area (Å²) in [5.41, 5.74) is 6.88. The number of amides is 1. The largest absolute Gasteiger partial charge is 0.302 e. The molecule has 172 valence electrons. The fraction of sp³-hybridized carbons (Fsp3) is 0.333. The lowest BCUT2D eigenvalue weighted by atomic mass is 10.1. The number of nitrogens with zero attached hydrogens (tertiary/aromatic N) is 4. The highest BCUT2D eigenvalue weighted by atomic mass is 32.2. The van der Waals surface area contributed by atoms with Gasteiger partial charge in [-0.15, -0.1) is 32.9 Å². The summed E-state index contributed by atoms with van der Waals surface area (Å²) in [7, 11) is 0. The van der Waals surface area contributed by atoms with E-state index >= 15 is 0 Å². The normalized spacial score (nSPS) is 11.2. The quantitative estimate of drug-likeness (QED) is 0.286. The molecule has 4 aromatic rings. The first-order valence-electron chi connectivity index (χ1n) is 10.9. The van der Waals surface area contributed by atoms with Crippen molar-refractivity contribution in [3.05, 3.63) is 50.5 Å². The Hall–Kier alpha value is -2.49. The van der Waals surface area contributed by atoms with Crippen LogP contribution in [-0.2, 0) is 17.8 Å². The highest BCUT2D eigenvalue weighted by molar-refractivity contribution is 7.99. The molecule has 3 aromatic heterocycles. The zero-order chi connectivity index (χ0) is 23.5. The first-order valence-corrected chi connectivity index (χ1v) is 13.6. The number of anilines is 1. The predicted octanol–water partition coefficient (Wildman–Crippen LogP) is 6.37. The minimum atomic E-state index is -0.103. The molecular formula is C24H27N5OS3. The third-order valence-electron chi connectivity index (χ3n) is 5.62. The molecule has 0 unspecified atom stereocenters. The van der Waals surface area contributed by atoms with Crippen molar-refractivity contribution in [3.8, 4) is 22.6 Å². The molecule has 0 aliphatic rings. The smallest absolute Gasteiger partial charge is 0.236 e. The zero-order valence-corrected chi connectivity index (χ0v) is 21.9. The number of nitrogens with one attached hydrogen (secondary N) is 1. The number of rotatable bonds is 8. The number of thioether (sulfide) groups is 1. The summed E-state index contributed by atoms with van der Waals surface area (Å²) in [6.45, 7) is 11.3. The maximum Gasteiger partial charge on any atom is 0.236 e. The average Bonchev–Trinajstić information content (AvgIpc) is 3.52. The summed E-state index contributed by atoms with van der Waals surface area (Å²) in [5, 5.41) is 17.2. The predicted molar refractivity (Wildman–Crippen MR) is 140 cm³/mol. The van der Waals surface area contributed by atoms with Crippen LogP contribution in [0.2, 0.25) is 0 Å². The third kappa shape index (κ3) is 5.05. The maximum absolute atomic E-state index is 12.6. The van der Waals surface area contributed by atoms with E-state index in [1.807, 2.05) is 5.38 Å². The minimum absolute atomic E-state index is 0.103. The van der Waals surface area contributed by atoms with Gasteiger partial charge >= 0.3 is 0 Å².